The summed E-state index contributed by atoms with van der Waals surface area (Å²) in [7, 11) is 1.71. The van der Waals surface area contributed by atoms with Crippen molar-refractivity contribution < 1.29 is 9.90 Å². The number of carbonyl (C=O) groups excluding carboxylic acids is 1. The highest BCUT2D eigenvalue weighted by atomic mass is 16.3. The van der Waals surface area contributed by atoms with E-state index in [1.165, 1.54) is 0 Å². The van der Waals surface area contributed by atoms with Crippen LogP contribution in [-0.2, 0) is 0 Å². The van der Waals surface area contributed by atoms with Gasteiger partial charge in [-0.05, 0) is 30.9 Å². The molecule has 1 aliphatic rings. The third-order valence-electron chi connectivity index (χ3n) is 3.74. The molecule has 3 rings (SSSR count). The summed E-state index contributed by atoms with van der Waals surface area (Å²) < 4.78 is 1.77. The number of hydrogen-bond donors (Lipinski definition) is 1. The van der Waals surface area contributed by atoms with Crippen molar-refractivity contribution in [2.75, 3.05) is 13.6 Å². The SMILES string of the molecule is CN(CC(O)C1CC1)C(=O)c1ccc(-n2ccnc2)nc1. The zero-order chi connectivity index (χ0) is 14.8. The van der Waals surface area contributed by atoms with Crippen molar-refractivity contribution in [1.29, 1.82) is 0 Å². The van der Waals surface area contributed by atoms with Gasteiger partial charge in [-0.2, -0.15) is 0 Å². The zero-order valence-electron chi connectivity index (χ0n) is 11.9. The fourth-order valence-electron chi connectivity index (χ4n) is 2.27. The lowest BCUT2D eigenvalue weighted by atomic mass is 10.2. The highest BCUT2D eigenvalue weighted by Gasteiger charge is 2.31. The number of carbonyl (C=O) groups is 1. The molecule has 1 amide bonds. The molecule has 1 fully saturated rings. The summed E-state index contributed by atoms with van der Waals surface area (Å²) in [6.45, 7) is 0.368. The van der Waals surface area contributed by atoms with Crippen LogP contribution >= 0.6 is 0 Å². The molecule has 110 valence electrons. The maximum Gasteiger partial charge on any atom is 0.255 e. The van der Waals surface area contributed by atoms with Crippen LogP contribution in [0.3, 0.4) is 0 Å². The standard InChI is InChI=1S/C15H18N4O2/c1-18(9-13(20)11-2-3-11)15(21)12-4-5-14(17-8-12)19-7-6-16-10-19/h4-8,10-11,13,20H,2-3,9H2,1H3. The topological polar surface area (TPSA) is 71.2 Å². The Morgan fingerprint density at radius 2 is 2.33 bits per heavy atom. The van der Waals surface area contributed by atoms with Gasteiger partial charge in [-0.3, -0.25) is 9.36 Å². The van der Waals surface area contributed by atoms with Crippen LogP contribution in [0.1, 0.15) is 23.2 Å². The molecule has 21 heavy (non-hydrogen) atoms. The summed E-state index contributed by atoms with van der Waals surface area (Å²) in [5.74, 6) is 0.950. The van der Waals surface area contributed by atoms with E-state index in [1.54, 1.807) is 53.6 Å². The molecule has 1 aliphatic carbocycles. The molecule has 2 aromatic heterocycles. The number of aliphatic hydroxyl groups is 1. The lowest BCUT2D eigenvalue weighted by Gasteiger charge is -2.20. The van der Waals surface area contributed by atoms with Gasteiger partial charge in [-0.1, -0.05) is 0 Å². The number of amides is 1. The molecule has 1 unspecified atom stereocenters. The van der Waals surface area contributed by atoms with Gasteiger partial charge in [0, 0.05) is 32.2 Å². The van der Waals surface area contributed by atoms with Crippen molar-refractivity contribution in [2.24, 2.45) is 5.92 Å². The van der Waals surface area contributed by atoms with E-state index in [1.807, 2.05) is 0 Å². The van der Waals surface area contributed by atoms with Crippen molar-refractivity contribution >= 4 is 5.91 Å². The largest absolute Gasteiger partial charge is 0.391 e. The summed E-state index contributed by atoms with van der Waals surface area (Å²) in [5.41, 5.74) is 0.518. The molecule has 0 spiro atoms. The predicted octanol–water partition coefficient (Wildman–Crippen LogP) is 1.11. The molecule has 0 radical (unpaired) electrons. The summed E-state index contributed by atoms with van der Waals surface area (Å²) in [6.07, 6.45) is 8.38. The quantitative estimate of drug-likeness (QED) is 0.894. The van der Waals surface area contributed by atoms with Crippen LogP contribution in [0, 0.1) is 5.92 Å². The maximum atomic E-state index is 12.3. The van der Waals surface area contributed by atoms with E-state index >= 15 is 0 Å². The minimum absolute atomic E-state index is 0.126. The molecule has 2 heterocycles. The van der Waals surface area contributed by atoms with Crippen LogP contribution < -0.4 is 0 Å². The molecule has 1 N–H and O–H groups in total. The lowest BCUT2D eigenvalue weighted by Crippen LogP contribution is -2.35. The highest BCUT2D eigenvalue weighted by Crippen LogP contribution is 2.32. The van der Waals surface area contributed by atoms with Gasteiger partial charge in [0.15, 0.2) is 0 Å². The van der Waals surface area contributed by atoms with Gasteiger partial charge in [-0.25, -0.2) is 9.97 Å². The molecular formula is C15H18N4O2. The molecule has 1 atom stereocenters. The van der Waals surface area contributed by atoms with Gasteiger partial charge in [0.1, 0.15) is 12.1 Å². The van der Waals surface area contributed by atoms with Crippen molar-refractivity contribution in [3.8, 4) is 5.82 Å². The van der Waals surface area contributed by atoms with Crippen LogP contribution in [0.5, 0.6) is 0 Å². The van der Waals surface area contributed by atoms with Gasteiger partial charge in [0.2, 0.25) is 0 Å². The van der Waals surface area contributed by atoms with E-state index < -0.39 is 6.10 Å². The molecule has 1 saturated carbocycles. The molecule has 6 nitrogen and oxygen atoms in total. The molecule has 0 aromatic carbocycles. The second-order valence-electron chi connectivity index (χ2n) is 5.47. The fraction of sp³-hybridized carbons (Fsp3) is 0.400. The number of aromatic nitrogens is 3. The number of nitrogens with zero attached hydrogens (tertiary/aromatic N) is 4. The first-order chi connectivity index (χ1) is 10.1. The Labute approximate surface area is 123 Å². The van der Waals surface area contributed by atoms with E-state index in [0.29, 0.717) is 23.8 Å². The Kier molecular flexibility index (Phi) is 3.70. The average Bonchev–Trinajstić information content (AvgIpc) is 3.22. The van der Waals surface area contributed by atoms with Crippen LogP contribution in [0.25, 0.3) is 5.82 Å². The van der Waals surface area contributed by atoms with Gasteiger partial charge < -0.3 is 10.0 Å². The average molecular weight is 286 g/mol. The summed E-state index contributed by atoms with van der Waals surface area (Å²) >= 11 is 0. The van der Waals surface area contributed by atoms with Crippen LogP contribution in [0.15, 0.2) is 37.1 Å². The smallest absolute Gasteiger partial charge is 0.255 e. The Balaban J connectivity index is 1.66. The number of imidazole rings is 1. The van der Waals surface area contributed by atoms with E-state index in [9.17, 15) is 9.90 Å². The number of rotatable bonds is 5. The normalized spacial score (nSPS) is 15.7. The Hall–Kier alpha value is -2.21. The van der Waals surface area contributed by atoms with Gasteiger partial charge in [-0.15, -0.1) is 0 Å². The number of hydrogen-bond acceptors (Lipinski definition) is 4. The van der Waals surface area contributed by atoms with Crippen molar-refractivity contribution in [3.05, 3.63) is 42.6 Å². The third kappa shape index (κ3) is 3.11. The number of likely N-dealkylation sites (N-methyl/N-ethyl adjacent to an activating group) is 1. The second kappa shape index (κ2) is 5.65. The first-order valence-corrected chi connectivity index (χ1v) is 7.03. The first-order valence-electron chi connectivity index (χ1n) is 7.03. The minimum Gasteiger partial charge on any atom is -0.391 e. The van der Waals surface area contributed by atoms with Crippen molar-refractivity contribution in [1.82, 2.24) is 19.4 Å². The van der Waals surface area contributed by atoms with Gasteiger partial charge in [0.05, 0.1) is 11.7 Å². The summed E-state index contributed by atoms with van der Waals surface area (Å²) in [4.78, 5) is 22.1. The second-order valence-corrected chi connectivity index (χ2v) is 5.47. The minimum atomic E-state index is -0.419. The van der Waals surface area contributed by atoms with E-state index in [2.05, 4.69) is 9.97 Å². The van der Waals surface area contributed by atoms with E-state index in [-0.39, 0.29) is 5.91 Å². The molecule has 0 aliphatic heterocycles. The van der Waals surface area contributed by atoms with Crippen LogP contribution in [-0.4, -0.2) is 50.1 Å². The van der Waals surface area contributed by atoms with Gasteiger partial charge in [0.25, 0.3) is 5.91 Å². The zero-order valence-corrected chi connectivity index (χ0v) is 11.9. The van der Waals surface area contributed by atoms with Crippen molar-refractivity contribution in [2.45, 2.75) is 18.9 Å². The van der Waals surface area contributed by atoms with Gasteiger partial charge >= 0.3 is 0 Å². The molecule has 0 bridgehead atoms. The summed E-state index contributed by atoms with van der Waals surface area (Å²) in [6, 6.07) is 3.52. The lowest BCUT2D eigenvalue weighted by molar-refractivity contribution is 0.0645. The highest BCUT2D eigenvalue weighted by molar-refractivity contribution is 5.93. The molecule has 0 saturated heterocycles. The van der Waals surface area contributed by atoms with E-state index in [4.69, 9.17) is 0 Å². The predicted molar refractivity (Wildman–Crippen MR) is 77.1 cm³/mol. The molecule has 2 aromatic rings. The Morgan fingerprint density at radius 1 is 1.52 bits per heavy atom. The summed E-state index contributed by atoms with van der Waals surface area (Å²) in [5, 5.41) is 9.90. The molecule has 6 heteroatoms. The van der Waals surface area contributed by atoms with Crippen LogP contribution in [0.2, 0.25) is 0 Å². The van der Waals surface area contributed by atoms with E-state index in [0.717, 1.165) is 12.8 Å². The third-order valence-corrected chi connectivity index (χ3v) is 3.74. The van der Waals surface area contributed by atoms with Crippen LogP contribution in [0.4, 0.5) is 0 Å². The monoisotopic (exact) mass is 286 g/mol. The first kappa shape index (κ1) is 13.8. The fourth-order valence-corrected chi connectivity index (χ4v) is 2.27. The Bertz CT molecular complexity index is 605. The number of aliphatic hydroxyl groups excluding tert-OH is 1. The van der Waals surface area contributed by atoms with Crippen molar-refractivity contribution in [3.63, 3.8) is 0 Å². The Morgan fingerprint density at radius 3 is 2.90 bits per heavy atom. The number of pyridine rings is 1. The molecular weight excluding hydrogens is 268 g/mol. The maximum absolute atomic E-state index is 12.3.